The highest BCUT2D eigenvalue weighted by molar-refractivity contribution is 7.99. The molecule has 3 aromatic heterocycles. The molecule has 0 aliphatic carbocycles. The van der Waals surface area contributed by atoms with E-state index < -0.39 is 17.1 Å². The number of hydrogen-bond donors (Lipinski definition) is 1. The van der Waals surface area contributed by atoms with Gasteiger partial charge in [0.05, 0.1) is 11.3 Å². The number of anilines is 1. The molecule has 1 N–H and O–H groups in total. The van der Waals surface area contributed by atoms with Gasteiger partial charge in [-0.3, -0.25) is 10.1 Å². The van der Waals surface area contributed by atoms with Crippen LogP contribution in [0.15, 0.2) is 29.4 Å². The Morgan fingerprint density at radius 1 is 1.21 bits per heavy atom. The smallest absolute Gasteiger partial charge is 0.327 e. The highest BCUT2D eigenvalue weighted by Gasteiger charge is 2.35. The fourth-order valence-corrected chi connectivity index (χ4v) is 3.74. The third kappa shape index (κ3) is 3.49. The van der Waals surface area contributed by atoms with Crippen molar-refractivity contribution in [2.45, 2.75) is 11.3 Å². The van der Waals surface area contributed by atoms with Crippen molar-refractivity contribution in [3.8, 4) is 0 Å². The number of amides is 1. The van der Waals surface area contributed by atoms with E-state index in [4.69, 9.17) is 0 Å². The Bertz CT molecular complexity index is 1190. The zero-order chi connectivity index (χ0) is 19.9. The van der Waals surface area contributed by atoms with Crippen molar-refractivity contribution in [1.82, 2.24) is 29.9 Å². The number of thioether (sulfide) groups is 1. The van der Waals surface area contributed by atoms with E-state index in [9.17, 15) is 18.0 Å². The first-order chi connectivity index (χ1) is 13.3. The zero-order valence-electron chi connectivity index (χ0n) is 14.1. The summed E-state index contributed by atoms with van der Waals surface area (Å²) in [6, 6.07) is 7.67. The minimum atomic E-state index is -4.59. The molecular formula is C15H10F3N7OS2. The van der Waals surface area contributed by atoms with Gasteiger partial charge < -0.3 is 4.57 Å². The second kappa shape index (κ2) is 6.98. The number of rotatable bonds is 4. The monoisotopic (exact) mass is 425 g/mol. The van der Waals surface area contributed by atoms with Crippen LogP contribution in [0.1, 0.15) is 5.01 Å². The number of alkyl halides is 3. The van der Waals surface area contributed by atoms with Gasteiger partial charge in [0, 0.05) is 12.4 Å². The predicted molar refractivity (Wildman–Crippen MR) is 98.1 cm³/mol. The van der Waals surface area contributed by atoms with E-state index in [1.54, 1.807) is 0 Å². The van der Waals surface area contributed by atoms with Gasteiger partial charge in [-0.25, -0.2) is 4.98 Å². The number of halogens is 3. The Morgan fingerprint density at radius 3 is 2.75 bits per heavy atom. The first-order valence-corrected chi connectivity index (χ1v) is 9.54. The van der Waals surface area contributed by atoms with Crippen LogP contribution in [0.3, 0.4) is 0 Å². The molecule has 0 fully saturated rings. The number of carbonyl (C=O) groups is 1. The average Bonchev–Trinajstić information content (AvgIpc) is 3.24. The van der Waals surface area contributed by atoms with Crippen LogP contribution >= 0.6 is 23.1 Å². The lowest BCUT2D eigenvalue weighted by Gasteiger charge is -2.01. The highest BCUT2D eigenvalue weighted by Crippen LogP contribution is 2.33. The number of aryl methyl sites for hydroxylation is 1. The van der Waals surface area contributed by atoms with Crippen LogP contribution < -0.4 is 5.32 Å². The second-order valence-corrected chi connectivity index (χ2v) is 7.51. The van der Waals surface area contributed by atoms with Crippen molar-refractivity contribution < 1.29 is 18.0 Å². The number of benzene rings is 1. The molecule has 4 aromatic rings. The normalized spacial score (nSPS) is 12.0. The van der Waals surface area contributed by atoms with Crippen LogP contribution in [0.2, 0.25) is 0 Å². The molecule has 0 saturated carbocycles. The molecule has 4 rings (SSSR count). The van der Waals surface area contributed by atoms with Crippen LogP contribution in [-0.4, -0.2) is 41.6 Å². The summed E-state index contributed by atoms with van der Waals surface area (Å²) in [5.41, 5.74) is 2.23. The van der Waals surface area contributed by atoms with Crippen molar-refractivity contribution in [1.29, 1.82) is 0 Å². The van der Waals surface area contributed by atoms with Gasteiger partial charge in [0.25, 0.3) is 0 Å². The molecule has 0 radical (unpaired) electrons. The maximum atomic E-state index is 12.5. The van der Waals surface area contributed by atoms with E-state index in [-0.39, 0.29) is 27.4 Å². The number of para-hydroxylation sites is 1. The second-order valence-electron chi connectivity index (χ2n) is 5.59. The molecule has 0 unspecified atom stereocenters. The van der Waals surface area contributed by atoms with Crippen molar-refractivity contribution in [2.24, 2.45) is 7.05 Å². The number of nitrogens with zero attached hydrogens (tertiary/aromatic N) is 6. The first kappa shape index (κ1) is 18.6. The van der Waals surface area contributed by atoms with Crippen LogP contribution in [0.5, 0.6) is 0 Å². The van der Waals surface area contributed by atoms with E-state index >= 15 is 0 Å². The molecule has 1 amide bonds. The van der Waals surface area contributed by atoms with E-state index in [1.165, 1.54) is 0 Å². The van der Waals surface area contributed by atoms with Crippen LogP contribution in [0.4, 0.5) is 18.3 Å². The summed E-state index contributed by atoms with van der Waals surface area (Å²) in [5, 5.41) is 16.7. The van der Waals surface area contributed by atoms with Gasteiger partial charge in [-0.05, 0) is 6.07 Å². The zero-order valence-corrected chi connectivity index (χ0v) is 15.7. The minimum Gasteiger partial charge on any atom is -0.327 e. The summed E-state index contributed by atoms with van der Waals surface area (Å²) in [7, 11) is 1.86. The van der Waals surface area contributed by atoms with E-state index in [2.05, 4.69) is 30.7 Å². The number of hydrogen-bond acceptors (Lipinski definition) is 8. The molecule has 1 aromatic carbocycles. The molecular weight excluding hydrogens is 415 g/mol. The van der Waals surface area contributed by atoms with E-state index in [0.717, 1.165) is 22.7 Å². The Labute approximate surface area is 163 Å². The maximum Gasteiger partial charge on any atom is 0.445 e. The summed E-state index contributed by atoms with van der Waals surface area (Å²) < 4.78 is 39.4. The van der Waals surface area contributed by atoms with Gasteiger partial charge in [0.1, 0.15) is 5.52 Å². The van der Waals surface area contributed by atoms with Gasteiger partial charge in [-0.1, -0.05) is 41.3 Å². The van der Waals surface area contributed by atoms with E-state index in [1.807, 2.05) is 35.9 Å². The molecule has 0 aliphatic rings. The lowest BCUT2D eigenvalue weighted by Crippen LogP contribution is -2.14. The fraction of sp³-hybridized carbons (Fsp3) is 0.200. The SMILES string of the molecule is Cn1c2ccccc2c2nnc(SCC(=O)Nc3nnc(C(F)(F)F)s3)nc21. The topological polar surface area (TPSA) is 98.5 Å². The van der Waals surface area contributed by atoms with E-state index in [0.29, 0.717) is 11.2 Å². The molecule has 28 heavy (non-hydrogen) atoms. The van der Waals surface area contributed by atoms with Gasteiger partial charge >= 0.3 is 6.18 Å². The average molecular weight is 425 g/mol. The third-order valence-electron chi connectivity index (χ3n) is 3.73. The molecule has 144 valence electrons. The third-order valence-corrected chi connectivity index (χ3v) is 5.45. The van der Waals surface area contributed by atoms with Gasteiger partial charge in [-0.2, -0.15) is 13.2 Å². The molecule has 0 bridgehead atoms. The first-order valence-electron chi connectivity index (χ1n) is 7.74. The van der Waals surface area contributed by atoms with Crippen molar-refractivity contribution in [3.05, 3.63) is 29.3 Å². The lowest BCUT2D eigenvalue weighted by atomic mass is 10.2. The molecule has 13 heteroatoms. The molecule has 0 aliphatic heterocycles. The fourth-order valence-electron chi connectivity index (χ4n) is 2.53. The van der Waals surface area contributed by atoms with Gasteiger partial charge in [0.15, 0.2) is 5.65 Å². The Balaban J connectivity index is 1.46. The van der Waals surface area contributed by atoms with Crippen LogP contribution in [-0.2, 0) is 18.0 Å². The van der Waals surface area contributed by atoms with Crippen molar-refractivity contribution in [3.63, 3.8) is 0 Å². The molecule has 0 atom stereocenters. The minimum absolute atomic E-state index is 0.113. The van der Waals surface area contributed by atoms with Crippen LogP contribution in [0.25, 0.3) is 22.1 Å². The lowest BCUT2D eigenvalue weighted by molar-refractivity contribution is -0.138. The number of aromatic nitrogens is 6. The van der Waals surface area contributed by atoms with Crippen molar-refractivity contribution in [2.75, 3.05) is 11.1 Å². The standard InChI is InChI=1S/C15H10F3N7OS2/c1-25-8-5-3-2-4-7(8)10-11(25)20-13(23-21-10)27-6-9(26)19-14-24-22-12(28-14)15(16,17)18/h2-5H,6H2,1H3,(H,19,24,26). The van der Waals surface area contributed by atoms with Gasteiger partial charge in [0.2, 0.25) is 21.2 Å². The maximum absolute atomic E-state index is 12.5. The summed E-state index contributed by atoms with van der Waals surface area (Å²) in [6.07, 6.45) is -4.59. The summed E-state index contributed by atoms with van der Waals surface area (Å²) >= 11 is 1.28. The number of nitrogens with one attached hydrogen (secondary N) is 1. The predicted octanol–water partition coefficient (Wildman–Crippen LogP) is 3.12. The van der Waals surface area contributed by atoms with Crippen molar-refractivity contribution >= 4 is 56.2 Å². The quantitative estimate of drug-likeness (QED) is 0.502. The Morgan fingerprint density at radius 2 is 2.00 bits per heavy atom. The highest BCUT2D eigenvalue weighted by atomic mass is 32.2. The summed E-state index contributed by atoms with van der Waals surface area (Å²) in [6.45, 7) is 0. The summed E-state index contributed by atoms with van der Waals surface area (Å²) in [4.78, 5) is 16.4. The summed E-state index contributed by atoms with van der Waals surface area (Å²) in [5.74, 6) is -0.659. The molecule has 0 spiro atoms. The largest absolute Gasteiger partial charge is 0.445 e. The number of carbonyl (C=O) groups excluding carboxylic acids is 1. The Kier molecular flexibility index (Phi) is 4.63. The molecule has 3 heterocycles. The Hall–Kier alpha value is -2.80. The van der Waals surface area contributed by atoms with Gasteiger partial charge in [-0.15, -0.1) is 20.4 Å². The van der Waals surface area contributed by atoms with Crippen LogP contribution in [0, 0.1) is 0 Å². The molecule has 8 nitrogen and oxygen atoms in total. The number of fused-ring (bicyclic) bond motifs is 3. The molecule has 0 saturated heterocycles.